The highest BCUT2D eigenvalue weighted by atomic mass is 16.6. The first-order valence-electron chi connectivity index (χ1n) is 4.64. The van der Waals surface area contributed by atoms with Gasteiger partial charge in [-0.15, -0.1) is 0 Å². The van der Waals surface area contributed by atoms with E-state index in [1.807, 2.05) is 6.92 Å². The molecule has 1 aliphatic heterocycles. The number of hydrogen-bond donors (Lipinski definition) is 1. The molecule has 0 saturated heterocycles. The number of carbonyl (C=O) groups excluding carboxylic acids is 1. The highest BCUT2D eigenvalue weighted by Gasteiger charge is 2.35. The Morgan fingerprint density at radius 2 is 2.29 bits per heavy atom. The number of cyclic esters (lactones) is 1. The van der Waals surface area contributed by atoms with Gasteiger partial charge >= 0.3 is 11.9 Å². The fourth-order valence-electron chi connectivity index (χ4n) is 1.46. The lowest BCUT2D eigenvalue weighted by molar-refractivity contribution is -0.148. The maximum atomic E-state index is 11.2. The van der Waals surface area contributed by atoms with Crippen LogP contribution < -0.4 is 0 Å². The van der Waals surface area contributed by atoms with Crippen LogP contribution >= 0.6 is 0 Å². The summed E-state index contributed by atoms with van der Waals surface area (Å²) in [5, 5.41) is 8.52. The van der Waals surface area contributed by atoms with Crippen molar-refractivity contribution in [1.29, 1.82) is 0 Å². The molecular formula is C10H14O4. The van der Waals surface area contributed by atoms with Gasteiger partial charge in [0.1, 0.15) is 5.60 Å². The van der Waals surface area contributed by atoms with Crippen LogP contribution in [0.15, 0.2) is 11.6 Å². The average Bonchev–Trinajstić information content (AvgIpc) is 2.39. The monoisotopic (exact) mass is 198 g/mol. The predicted molar refractivity (Wildman–Crippen MR) is 49.7 cm³/mol. The fourth-order valence-corrected chi connectivity index (χ4v) is 1.46. The molecular weight excluding hydrogens is 184 g/mol. The third kappa shape index (κ3) is 2.34. The normalized spacial score (nSPS) is 25.9. The Kier molecular flexibility index (Phi) is 2.93. The van der Waals surface area contributed by atoms with Crippen molar-refractivity contribution < 1.29 is 19.4 Å². The van der Waals surface area contributed by atoms with Crippen molar-refractivity contribution in [3.8, 4) is 0 Å². The lowest BCUT2D eigenvalue weighted by Crippen LogP contribution is -2.24. The molecule has 0 fully saturated rings. The molecule has 1 rings (SSSR count). The van der Waals surface area contributed by atoms with E-state index in [1.165, 1.54) is 0 Å². The molecule has 4 heteroatoms. The predicted octanol–water partition coefficient (Wildman–Crippen LogP) is 1.50. The summed E-state index contributed by atoms with van der Waals surface area (Å²) in [6.07, 6.45) is 2.70. The van der Waals surface area contributed by atoms with Crippen LogP contribution in [0.3, 0.4) is 0 Å². The molecule has 1 heterocycles. The maximum absolute atomic E-state index is 11.2. The Morgan fingerprint density at radius 1 is 1.64 bits per heavy atom. The van der Waals surface area contributed by atoms with Crippen LogP contribution in [0.1, 0.15) is 33.1 Å². The second-order valence-electron chi connectivity index (χ2n) is 3.62. The van der Waals surface area contributed by atoms with E-state index >= 15 is 0 Å². The van der Waals surface area contributed by atoms with Crippen LogP contribution in [0.4, 0.5) is 0 Å². The topological polar surface area (TPSA) is 63.6 Å². The van der Waals surface area contributed by atoms with Gasteiger partial charge in [0.25, 0.3) is 0 Å². The van der Waals surface area contributed by atoms with E-state index in [2.05, 4.69) is 0 Å². The van der Waals surface area contributed by atoms with E-state index in [0.29, 0.717) is 18.4 Å². The zero-order valence-corrected chi connectivity index (χ0v) is 8.37. The van der Waals surface area contributed by atoms with E-state index in [0.717, 1.165) is 0 Å². The van der Waals surface area contributed by atoms with Gasteiger partial charge in [-0.2, -0.15) is 0 Å². The SMILES string of the molecule is CCC1=C[C@@](C)(CCC(=O)O)OC1=O. The molecule has 0 aliphatic carbocycles. The molecule has 1 aliphatic rings. The van der Waals surface area contributed by atoms with Gasteiger partial charge in [0.05, 0.1) is 0 Å². The third-order valence-electron chi connectivity index (χ3n) is 2.28. The van der Waals surface area contributed by atoms with Crippen molar-refractivity contribution in [2.45, 2.75) is 38.7 Å². The number of esters is 1. The van der Waals surface area contributed by atoms with Gasteiger partial charge in [0, 0.05) is 18.4 Å². The van der Waals surface area contributed by atoms with Crippen molar-refractivity contribution in [1.82, 2.24) is 0 Å². The first-order valence-corrected chi connectivity index (χ1v) is 4.64. The van der Waals surface area contributed by atoms with Gasteiger partial charge in [-0.1, -0.05) is 6.92 Å². The number of carbonyl (C=O) groups is 2. The number of carboxylic acid groups (broad SMARTS) is 1. The minimum Gasteiger partial charge on any atom is -0.481 e. The molecule has 4 nitrogen and oxygen atoms in total. The number of aliphatic carboxylic acids is 1. The van der Waals surface area contributed by atoms with Crippen LogP contribution in [0, 0.1) is 0 Å². The largest absolute Gasteiger partial charge is 0.481 e. The molecule has 0 unspecified atom stereocenters. The number of ether oxygens (including phenoxy) is 1. The van der Waals surface area contributed by atoms with Crippen LogP contribution in [-0.2, 0) is 14.3 Å². The van der Waals surface area contributed by atoms with Crippen molar-refractivity contribution in [2.75, 3.05) is 0 Å². The summed E-state index contributed by atoms with van der Waals surface area (Å²) >= 11 is 0. The van der Waals surface area contributed by atoms with Gasteiger partial charge in [0.15, 0.2) is 0 Å². The standard InChI is InChI=1S/C10H14O4/c1-3-7-6-10(2,14-9(7)13)5-4-8(11)12/h6H,3-5H2,1-2H3,(H,11,12)/t10-/m1/s1. The second kappa shape index (κ2) is 3.82. The Balaban J connectivity index is 2.64. The third-order valence-corrected chi connectivity index (χ3v) is 2.28. The second-order valence-corrected chi connectivity index (χ2v) is 3.62. The Hall–Kier alpha value is -1.32. The molecule has 0 bridgehead atoms. The average molecular weight is 198 g/mol. The minimum atomic E-state index is -0.874. The molecule has 0 amide bonds. The highest BCUT2D eigenvalue weighted by Crippen LogP contribution is 2.29. The smallest absolute Gasteiger partial charge is 0.334 e. The summed E-state index contributed by atoms with van der Waals surface area (Å²) in [5.74, 6) is -1.19. The van der Waals surface area contributed by atoms with Crippen molar-refractivity contribution in [3.63, 3.8) is 0 Å². The fraction of sp³-hybridized carbons (Fsp3) is 0.600. The van der Waals surface area contributed by atoms with Crippen molar-refractivity contribution in [2.24, 2.45) is 0 Å². The molecule has 0 aromatic rings. The lowest BCUT2D eigenvalue weighted by atomic mass is 9.98. The highest BCUT2D eigenvalue weighted by molar-refractivity contribution is 5.91. The van der Waals surface area contributed by atoms with Gasteiger partial charge in [-0.3, -0.25) is 4.79 Å². The lowest BCUT2D eigenvalue weighted by Gasteiger charge is -2.19. The Labute approximate surface area is 82.6 Å². The van der Waals surface area contributed by atoms with Gasteiger partial charge in [-0.25, -0.2) is 4.79 Å². The van der Waals surface area contributed by atoms with Crippen LogP contribution in [0.25, 0.3) is 0 Å². The molecule has 78 valence electrons. The maximum Gasteiger partial charge on any atom is 0.334 e. The summed E-state index contributed by atoms with van der Waals surface area (Å²) in [7, 11) is 0. The Morgan fingerprint density at radius 3 is 2.71 bits per heavy atom. The number of rotatable bonds is 4. The van der Waals surface area contributed by atoms with Gasteiger partial charge in [-0.05, 0) is 19.4 Å². The number of hydrogen-bond acceptors (Lipinski definition) is 3. The quantitative estimate of drug-likeness (QED) is 0.695. The molecule has 1 atom stereocenters. The minimum absolute atomic E-state index is 0.0112. The molecule has 1 N–H and O–H groups in total. The van der Waals surface area contributed by atoms with E-state index in [-0.39, 0.29) is 12.4 Å². The zero-order valence-electron chi connectivity index (χ0n) is 8.37. The molecule has 0 aromatic heterocycles. The van der Waals surface area contributed by atoms with Crippen LogP contribution in [0.2, 0.25) is 0 Å². The van der Waals surface area contributed by atoms with Crippen molar-refractivity contribution in [3.05, 3.63) is 11.6 Å². The summed E-state index contributed by atoms with van der Waals surface area (Å²) in [4.78, 5) is 21.6. The Bertz CT molecular complexity index is 292. The molecule has 0 aromatic carbocycles. The van der Waals surface area contributed by atoms with E-state index in [1.54, 1.807) is 13.0 Å². The number of carboxylic acids is 1. The van der Waals surface area contributed by atoms with Crippen LogP contribution in [-0.4, -0.2) is 22.6 Å². The van der Waals surface area contributed by atoms with Gasteiger partial charge in [0.2, 0.25) is 0 Å². The van der Waals surface area contributed by atoms with Crippen LogP contribution in [0.5, 0.6) is 0 Å². The van der Waals surface area contributed by atoms with E-state index < -0.39 is 11.6 Å². The summed E-state index contributed by atoms with van der Waals surface area (Å²) in [5.41, 5.74) is -0.0845. The summed E-state index contributed by atoms with van der Waals surface area (Å²) in [6, 6.07) is 0. The molecule has 14 heavy (non-hydrogen) atoms. The first kappa shape index (κ1) is 10.8. The molecule has 0 saturated carbocycles. The van der Waals surface area contributed by atoms with E-state index in [9.17, 15) is 9.59 Å². The summed E-state index contributed by atoms with van der Waals surface area (Å²) < 4.78 is 5.11. The van der Waals surface area contributed by atoms with E-state index in [4.69, 9.17) is 9.84 Å². The van der Waals surface area contributed by atoms with Gasteiger partial charge < -0.3 is 9.84 Å². The first-order chi connectivity index (χ1) is 6.47. The zero-order chi connectivity index (χ0) is 10.8. The summed E-state index contributed by atoms with van der Waals surface area (Å²) in [6.45, 7) is 3.60. The molecule has 0 spiro atoms. The van der Waals surface area contributed by atoms with Crippen molar-refractivity contribution >= 4 is 11.9 Å². The molecule has 0 radical (unpaired) electrons.